The first-order valence-electron chi connectivity index (χ1n) is 6.05. The number of carbonyl (C=O) groups is 1. The number of ketones is 1. The van der Waals surface area contributed by atoms with Crippen LogP contribution in [0.25, 0.3) is 0 Å². The van der Waals surface area contributed by atoms with Crippen molar-refractivity contribution in [2.24, 2.45) is 0 Å². The van der Waals surface area contributed by atoms with E-state index in [-0.39, 0.29) is 11.6 Å². The zero-order valence-electron chi connectivity index (χ0n) is 10.9. The maximum Gasteiger partial charge on any atom is 0.187 e. The fourth-order valence-electron chi connectivity index (χ4n) is 1.67. The average molecular weight is 334 g/mol. The molecule has 2 aromatic rings. The van der Waals surface area contributed by atoms with E-state index in [4.69, 9.17) is 0 Å². The zero-order valence-corrected chi connectivity index (χ0v) is 12.4. The van der Waals surface area contributed by atoms with Gasteiger partial charge >= 0.3 is 0 Å². The summed E-state index contributed by atoms with van der Waals surface area (Å²) in [6.45, 7) is 1.88. The summed E-state index contributed by atoms with van der Waals surface area (Å²) < 4.78 is 14.4. The Bertz CT molecular complexity index is 650. The first-order valence-corrected chi connectivity index (χ1v) is 6.85. The van der Waals surface area contributed by atoms with Gasteiger partial charge in [0.25, 0.3) is 0 Å². The molecule has 2 aromatic carbocycles. The SMILES string of the molecule is Cc1ccc(F)c(N/C=C/C(=O)c2ccc(Br)cc2)c1. The number of anilines is 1. The van der Waals surface area contributed by atoms with Gasteiger partial charge in [-0.1, -0.05) is 22.0 Å². The molecule has 0 atom stereocenters. The molecule has 0 spiro atoms. The molecule has 0 amide bonds. The van der Waals surface area contributed by atoms with Crippen LogP contribution in [0.15, 0.2) is 59.2 Å². The molecule has 0 bridgehead atoms. The standard InChI is InChI=1S/C16H13BrFNO/c1-11-2-7-14(18)15(10-11)19-9-8-16(20)12-3-5-13(17)6-4-12/h2-10,19H,1H3/b9-8+. The predicted molar refractivity (Wildman–Crippen MR) is 82.4 cm³/mol. The molecule has 0 aromatic heterocycles. The van der Waals surface area contributed by atoms with Crippen LogP contribution in [0.2, 0.25) is 0 Å². The maximum atomic E-state index is 13.5. The van der Waals surface area contributed by atoms with Gasteiger partial charge in [-0.25, -0.2) is 4.39 Å². The van der Waals surface area contributed by atoms with Crippen LogP contribution >= 0.6 is 15.9 Å². The number of benzene rings is 2. The van der Waals surface area contributed by atoms with Gasteiger partial charge in [-0.3, -0.25) is 4.79 Å². The Kier molecular flexibility index (Phi) is 4.69. The quantitative estimate of drug-likeness (QED) is 0.648. The van der Waals surface area contributed by atoms with Gasteiger partial charge in [0, 0.05) is 22.3 Å². The molecule has 0 heterocycles. The van der Waals surface area contributed by atoms with Crippen molar-refractivity contribution in [2.45, 2.75) is 6.92 Å². The molecule has 0 aliphatic carbocycles. The summed E-state index contributed by atoms with van der Waals surface area (Å²) in [6, 6.07) is 11.8. The Hall–Kier alpha value is -1.94. The van der Waals surface area contributed by atoms with Crippen LogP contribution in [0.5, 0.6) is 0 Å². The van der Waals surface area contributed by atoms with Gasteiger partial charge in [-0.05, 0) is 48.9 Å². The molecule has 2 rings (SSSR count). The molecule has 102 valence electrons. The van der Waals surface area contributed by atoms with Gasteiger partial charge in [0.15, 0.2) is 5.78 Å². The third kappa shape index (κ3) is 3.78. The van der Waals surface area contributed by atoms with Crippen molar-refractivity contribution in [3.05, 3.63) is 76.2 Å². The fourth-order valence-corrected chi connectivity index (χ4v) is 1.93. The van der Waals surface area contributed by atoms with E-state index >= 15 is 0 Å². The molecule has 0 unspecified atom stereocenters. The van der Waals surface area contributed by atoms with Crippen molar-refractivity contribution in [2.75, 3.05) is 5.32 Å². The number of allylic oxidation sites excluding steroid dienone is 1. The highest BCUT2D eigenvalue weighted by molar-refractivity contribution is 9.10. The summed E-state index contributed by atoms with van der Waals surface area (Å²) in [5.41, 5.74) is 1.88. The Morgan fingerprint density at radius 2 is 1.90 bits per heavy atom. The summed E-state index contributed by atoms with van der Waals surface area (Å²) in [5.74, 6) is -0.491. The van der Waals surface area contributed by atoms with Crippen molar-refractivity contribution >= 4 is 27.4 Å². The minimum absolute atomic E-state index is 0.141. The van der Waals surface area contributed by atoms with Crippen LogP contribution in [0.1, 0.15) is 15.9 Å². The Labute approximate surface area is 125 Å². The number of aryl methyl sites for hydroxylation is 1. The van der Waals surface area contributed by atoms with Crippen LogP contribution < -0.4 is 5.32 Å². The van der Waals surface area contributed by atoms with E-state index in [1.165, 1.54) is 18.3 Å². The van der Waals surface area contributed by atoms with Crippen molar-refractivity contribution in [3.63, 3.8) is 0 Å². The Morgan fingerprint density at radius 3 is 2.60 bits per heavy atom. The van der Waals surface area contributed by atoms with Gasteiger partial charge < -0.3 is 5.32 Å². The highest BCUT2D eigenvalue weighted by Crippen LogP contribution is 2.16. The fraction of sp³-hybridized carbons (Fsp3) is 0.0625. The summed E-state index contributed by atoms with van der Waals surface area (Å²) >= 11 is 3.31. The Balaban J connectivity index is 2.04. The molecule has 0 aliphatic rings. The van der Waals surface area contributed by atoms with Crippen molar-refractivity contribution in [1.82, 2.24) is 0 Å². The Morgan fingerprint density at radius 1 is 1.20 bits per heavy atom. The lowest BCUT2D eigenvalue weighted by atomic mass is 10.1. The van der Waals surface area contributed by atoms with Crippen LogP contribution in [0.3, 0.4) is 0 Å². The smallest absolute Gasteiger partial charge is 0.187 e. The lowest BCUT2D eigenvalue weighted by molar-refractivity contribution is 0.104. The second kappa shape index (κ2) is 6.48. The van der Waals surface area contributed by atoms with Gasteiger partial charge in [0.05, 0.1) is 5.69 Å². The number of hydrogen-bond acceptors (Lipinski definition) is 2. The van der Waals surface area contributed by atoms with Crippen molar-refractivity contribution in [1.29, 1.82) is 0 Å². The number of nitrogens with one attached hydrogen (secondary N) is 1. The normalized spacial score (nSPS) is 10.8. The zero-order chi connectivity index (χ0) is 14.5. The number of carbonyl (C=O) groups excluding carboxylic acids is 1. The van der Waals surface area contributed by atoms with E-state index < -0.39 is 0 Å². The van der Waals surface area contributed by atoms with Gasteiger partial charge in [-0.15, -0.1) is 0 Å². The summed E-state index contributed by atoms with van der Waals surface area (Å²) in [5, 5.41) is 2.78. The minimum atomic E-state index is -0.351. The van der Waals surface area contributed by atoms with Gasteiger partial charge in [-0.2, -0.15) is 0 Å². The minimum Gasteiger partial charge on any atom is -0.359 e. The summed E-state index contributed by atoms with van der Waals surface area (Å²) in [6.07, 6.45) is 2.83. The molecule has 20 heavy (non-hydrogen) atoms. The molecule has 0 aliphatic heterocycles. The maximum absolute atomic E-state index is 13.5. The molecule has 0 radical (unpaired) electrons. The molecule has 0 fully saturated rings. The van der Waals surface area contributed by atoms with E-state index in [9.17, 15) is 9.18 Å². The third-order valence-corrected chi connectivity index (χ3v) is 3.25. The molecule has 0 saturated heterocycles. The second-order valence-electron chi connectivity index (χ2n) is 4.33. The molecule has 0 saturated carbocycles. The van der Waals surface area contributed by atoms with Gasteiger partial charge in [0.1, 0.15) is 5.82 Å². The lowest BCUT2D eigenvalue weighted by Gasteiger charge is -2.03. The molecule has 1 N–H and O–H groups in total. The number of halogens is 2. The topological polar surface area (TPSA) is 29.1 Å². The summed E-state index contributed by atoms with van der Waals surface area (Å²) in [4.78, 5) is 11.9. The van der Waals surface area contributed by atoms with E-state index in [1.54, 1.807) is 36.4 Å². The molecule has 2 nitrogen and oxygen atoms in total. The molecular formula is C16H13BrFNO. The molecular weight excluding hydrogens is 321 g/mol. The van der Waals surface area contributed by atoms with Crippen LogP contribution in [-0.4, -0.2) is 5.78 Å². The van der Waals surface area contributed by atoms with E-state index in [0.717, 1.165) is 10.0 Å². The van der Waals surface area contributed by atoms with Gasteiger partial charge in [0.2, 0.25) is 0 Å². The van der Waals surface area contributed by atoms with E-state index in [2.05, 4.69) is 21.2 Å². The average Bonchev–Trinajstić information content (AvgIpc) is 2.43. The first kappa shape index (κ1) is 14.5. The lowest BCUT2D eigenvalue weighted by Crippen LogP contribution is -1.97. The predicted octanol–water partition coefficient (Wildman–Crippen LogP) is 4.71. The van der Waals surface area contributed by atoms with Crippen molar-refractivity contribution in [3.8, 4) is 0 Å². The van der Waals surface area contributed by atoms with Crippen LogP contribution in [-0.2, 0) is 0 Å². The van der Waals surface area contributed by atoms with E-state index in [1.807, 2.05) is 6.92 Å². The number of hydrogen-bond donors (Lipinski definition) is 1. The molecule has 4 heteroatoms. The third-order valence-electron chi connectivity index (χ3n) is 2.72. The first-order chi connectivity index (χ1) is 9.56. The number of rotatable bonds is 4. The van der Waals surface area contributed by atoms with Crippen LogP contribution in [0.4, 0.5) is 10.1 Å². The summed E-state index contributed by atoms with van der Waals surface area (Å²) in [7, 11) is 0. The van der Waals surface area contributed by atoms with Crippen LogP contribution in [0, 0.1) is 12.7 Å². The van der Waals surface area contributed by atoms with Crippen molar-refractivity contribution < 1.29 is 9.18 Å². The largest absolute Gasteiger partial charge is 0.359 e. The highest BCUT2D eigenvalue weighted by atomic mass is 79.9. The monoisotopic (exact) mass is 333 g/mol. The second-order valence-corrected chi connectivity index (χ2v) is 5.25. The highest BCUT2D eigenvalue weighted by Gasteiger charge is 2.02. The van der Waals surface area contributed by atoms with E-state index in [0.29, 0.717) is 11.3 Å².